The molecule has 5 heteroatoms. The van der Waals surface area contributed by atoms with E-state index in [1.807, 2.05) is 49.4 Å². The molecular weight excluding hydrogens is 425 g/mol. The van der Waals surface area contributed by atoms with Gasteiger partial charge in [-0.2, -0.15) is 0 Å². The molecule has 3 rings (SSSR count). The van der Waals surface area contributed by atoms with Gasteiger partial charge < -0.3 is 4.74 Å². The van der Waals surface area contributed by atoms with Crippen LogP contribution in [0.4, 0.5) is 0 Å². The second kappa shape index (κ2) is 10.3. The molecule has 2 nitrogen and oxygen atoms in total. The van der Waals surface area contributed by atoms with Crippen LogP contribution in [0.1, 0.15) is 39.5 Å². The molecule has 4 atom stereocenters. The van der Waals surface area contributed by atoms with Gasteiger partial charge in [0.05, 0.1) is 0 Å². The minimum absolute atomic E-state index is 0.0432. The molecule has 0 bridgehead atoms. The molecule has 0 aromatic heterocycles. The van der Waals surface area contributed by atoms with Gasteiger partial charge in [0, 0.05) is 12.7 Å². The summed E-state index contributed by atoms with van der Waals surface area (Å²) in [5.41, 5.74) is 6.46. The summed E-state index contributed by atoms with van der Waals surface area (Å²) in [5.74, 6) is -0.0432. The highest BCUT2D eigenvalue weighted by atomic mass is 31.0. The Kier molecular flexibility index (Phi) is 7.95. The molecule has 0 spiro atoms. The molecule has 3 aromatic carbocycles. The van der Waals surface area contributed by atoms with Crippen molar-refractivity contribution in [2.75, 3.05) is 7.11 Å². The first-order chi connectivity index (χ1) is 14.5. The highest BCUT2D eigenvalue weighted by molar-refractivity contribution is 7.16. The monoisotopic (exact) mass is 454 g/mol. The molecule has 0 heterocycles. The van der Waals surface area contributed by atoms with E-state index >= 15 is 0 Å². The summed E-state index contributed by atoms with van der Waals surface area (Å²) in [5, 5.41) is 0. The van der Waals surface area contributed by atoms with Gasteiger partial charge in [0.25, 0.3) is 0 Å². The third-order valence-corrected chi connectivity index (χ3v) is 7.04. The van der Waals surface area contributed by atoms with Gasteiger partial charge in [0.2, 0.25) is 0 Å². The summed E-state index contributed by atoms with van der Waals surface area (Å²) in [6.07, 6.45) is 2.72. The highest BCUT2D eigenvalue weighted by Gasteiger charge is 2.36. The van der Waals surface area contributed by atoms with Crippen molar-refractivity contribution in [2.45, 2.75) is 31.0 Å². The Morgan fingerprint density at radius 1 is 0.833 bits per heavy atom. The van der Waals surface area contributed by atoms with E-state index in [0.717, 1.165) is 35.2 Å². The van der Waals surface area contributed by atoms with E-state index in [9.17, 15) is 4.79 Å². The van der Waals surface area contributed by atoms with Gasteiger partial charge in [-0.25, -0.2) is 0 Å². The first kappa shape index (κ1) is 23.2. The Morgan fingerprint density at radius 2 is 1.50 bits per heavy atom. The van der Waals surface area contributed by atoms with Crippen molar-refractivity contribution in [3.63, 3.8) is 0 Å². The molecule has 4 unspecified atom stereocenters. The van der Waals surface area contributed by atoms with Crippen LogP contribution in [-0.2, 0) is 28.8 Å². The van der Waals surface area contributed by atoms with Crippen LogP contribution >= 0.6 is 27.7 Å². The normalized spacial score (nSPS) is 13.1. The SMILES string of the molecule is COC(C)(C(=O)c1cccc(-c2ccc(CP)c(CP)c2)c1)c1ccc(CP)cc1. The average Bonchev–Trinajstić information content (AvgIpc) is 2.82. The molecular formula is C25H29O2P3. The summed E-state index contributed by atoms with van der Waals surface area (Å²) in [6.45, 7) is 1.85. The van der Waals surface area contributed by atoms with Gasteiger partial charge in [-0.3, -0.25) is 4.79 Å². The maximum atomic E-state index is 13.5. The van der Waals surface area contributed by atoms with E-state index in [1.165, 1.54) is 16.7 Å². The van der Waals surface area contributed by atoms with E-state index in [2.05, 4.69) is 52.0 Å². The quantitative estimate of drug-likeness (QED) is 0.298. The van der Waals surface area contributed by atoms with Crippen LogP contribution < -0.4 is 0 Å². The Bertz CT molecular complexity index is 1030. The zero-order valence-corrected chi connectivity index (χ0v) is 21.0. The number of carbonyl (C=O) groups is 1. The largest absolute Gasteiger partial charge is 0.366 e. The Labute approximate surface area is 186 Å². The van der Waals surface area contributed by atoms with Crippen molar-refractivity contribution in [1.29, 1.82) is 0 Å². The molecule has 0 radical (unpaired) electrons. The van der Waals surface area contributed by atoms with Crippen LogP contribution in [0.25, 0.3) is 11.1 Å². The molecule has 0 aliphatic rings. The summed E-state index contributed by atoms with van der Waals surface area (Å²) >= 11 is 0. The summed E-state index contributed by atoms with van der Waals surface area (Å²) < 4.78 is 5.77. The van der Waals surface area contributed by atoms with Crippen molar-refractivity contribution in [2.24, 2.45) is 0 Å². The topological polar surface area (TPSA) is 26.3 Å². The first-order valence-corrected chi connectivity index (χ1v) is 12.4. The lowest BCUT2D eigenvalue weighted by molar-refractivity contribution is 0.0101. The maximum absolute atomic E-state index is 13.5. The Hall–Kier alpha value is -1.42. The van der Waals surface area contributed by atoms with E-state index in [0.29, 0.717) is 5.56 Å². The number of ether oxygens (including phenoxy) is 1. The number of ketones is 1. The molecule has 30 heavy (non-hydrogen) atoms. The molecule has 0 aliphatic heterocycles. The smallest absolute Gasteiger partial charge is 0.198 e. The molecule has 3 aromatic rings. The van der Waals surface area contributed by atoms with Crippen molar-refractivity contribution >= 4 is 33.5 Å². The molecule has 0 N–H and O–H groups in total. The first-order valence-electron chi connectivity index (χ1n) is 9.98. The predicted molar refractivity (Wildman–Crippen MR) is 137 cm³/mol. The predicted octanol–water partition coefficient (Wildman–Crippen LogP) is 6.22. The number of carbonyl (C=O) groups excluding carboxylic acids is 1. The lowest BCUT2D eigenvalue weighted by Gasteiger charge is -2.27. The van der Waals surface area contributed by atoms with E-state index < -0.39 is 5.60 Å². The van der Waals surface area contributed by atoms with E-state index in [1.54, 1.807) is 7.11 Å². The lowest BCUT2D eigenvalue weighted by atomic mass is 9.86. The van der Waals surface area contributed by atoms with Crippen LogP contribution in [0.2, 0.25) is 0 Å². The number of hydrogen-bond acceptors (Lipinski definition) is 2. The number of benzene rings is 3. The van der Waals surface area contributed by atoms with E-state index in [-0.39, 0.29) is 5.78 Å². The second-order valence-electron chi connectivity index (χ2n) is 7.44. The van der Waals surface area contributed by atoms with Crippen molar-refractivity contribution < 1.29 is 9.53 Å². The second-order valence-corrected chi connectivity index (χ2v) is 8.66. The fourth-order valence-electron chi connectivity index (χ4n) is 3.61. The third kappa shape index (κ3) is 4.74. The zero-order valence-electron chi connectivity index (χ0n) is 17.5. The molecule has 156 valence electrons. The molecule has 0 amide bonds. The standard InChI is InChI=1S/C25H29O2P3/c1-25(27-2,23-10-6-17(14-28)7-11-23)24(26)20-5-3-4-18(12-20)19-8-9-21(15-29)22(13-19)16-30/h3-13H,14-16,28-30H2,1-2H3. The van der Waals surface area contributed by atoms with Crippen molar-refractivity contribution in [3.8, 4) is 11.1 Å². The van der Waals surface area contributed by atoms with E-state index in [4.69, 9.17) is 4.74 Å². The minimum Gasteiger partial charge on any atom is -0.366 e. The molecule has 0 saturated carbocycles. The van der Waals surface area contributed by atoms with Gasteiger partial charge in [0.1, 0.15) is 0 Å². The number of rotatable bonds is 8. The molecule has 0 aliphatic carbocycles. The highest BCUT2D eigenvalue weighted by Crippen LogP contribution is 2.32. The van der Waals surface area contributed by atoms with Crippen molar-refractivity contribution in [3.05, 3.63) is 94.5 Å². The van der Waals surface area contributed by atoms with Crippen LogP contribution in [-0.4, -0.2) is 12.9 Å². The number of hydrogen-bond donors (Lipinski definition) is 0. The zero-order chi connectivity index (χ0) is 21.7. The molecule has 0 fully saturated rings. The lowest BCUT2D eigenvalue weighted by Crippen LogP contribution is -2.34. The van der Waals surface area contributed by atoms with Crippen molar-refractivity contribution in [1.82, 2.24) is 0 Å². The average molecular weight is 454 g/mol. The van der Waals surface area contributed by atoms with Gasteiger partial charge in [-0.15, -0.1) is 27.7 Å². The Morgan fingerprint density at radius 3 is 2.10 bits per heavy atom. The van der Waals surface area contributed by atoms with Crippen LogP contribution in [0, 0.1) is 0 Å². The van der Waals surface area contributed by atoms with Crippen LogP contribution in [0.5, 0.6) is 0 Å². The van der Waals surface area contributed by atoms with Gasteiger partial charge >= 0.3 is 0 Å². The van der Waals surface area contributed by atoms with Crippen LogP contribution in [0.15, 0.2) is 66.7 Å². The molecule has 0 saturated heterocycles. The number of Topliss-reactive ketones (excluding diaryl/α,β-unsaturated/α-hetero) is 1. The summed E-state index contributed by atoms with van der Waals surface area (Å²) in [6, 6.07) is 22.4. The fraction of sp³-hybridized carbons (Fsp3) is 0.240. The van der Waals surface area contributed by atoms with Gasteiger partial charge in [0.15, 0.2) is 11.4 Å². The number of methoxy groups -OCH3 is 1. The summed E-state index contributed by atoms with van der Waals surface area (Å²) in [7, 11) is 9.90. The Balaban J connectivity index is 1.98. The van der Waals surface area contributed by atoms with Gasteiger partial charge in [-0.1, -0.05) is 60.7 Å². The van der Waals surface area contributed by atoms with Gasteiger partial charge in [-0.05, 0) is 64.9 Å². The fourth-order valence-corrected chi connectivity index (χ4v) is 4.66. The van der Waals surface area contributed by atoms with Crippen LogP contribution in [0.3, 0.4) is 0 Å². The minimum atomic E-state index is -1.04. The summed E-state index contributed by atoms with van der Waals surface area (Å²) in [4.78, 5) is 13.5. The third-order valence-electron chi connectivity index (χ3n) is 5.69. The maximum Gasteiger partial charge on any atom is 0.198 e.